The summed E-state index contributed by atoms with van der Waals surface area (Å²) >= 11 is 0. The van der Waals surface area contributed by atoms with Gasteiger partial charge in [0.05, 0.1) is 0 Å². The molecule has 0 heterocycles. The van der Waals surface area contributed by atoms with Crippen LogP contribution in [0.25, 0.3) is 10.8 Å². The van der Waals surface area contributed by atoms with Gasteiger partial charge in [-0.25, -0.2) is 0 Å². The van der Waals surface area contributed by atoms with Gasteiger partial charge in [0.1, 0.15) is 5.78 Å². The van der Waals surface area contributed by atoms with Crippen LogP contribution in [0, 0.1) is 34.5 Å². The predicted molar refractivity (Wildman–Crippen MR) is 107 cm³/mol. The van der Waals surface area contributed by atoms with Gasteiger partial charge in [0.2, 0.25) is 0 Å². The van der Waals surface area contributed by atoms with Crippen molar-refractivity contribution in [1.82, 2.24) is 0 Å². The second kappa shape index (κ2) is 5.21. The molecule has 6 rings (SSSR count). The quantitative estimate of drug-likeness (QED) is 0.631. The fraction of sp³-hybridized carbons (Fsp3) is 0.560. The van der Waals surface area contributed by atoms with Crippen LogP contribution in [0.4, 0.5) is 0 Å². The molecule has 4 aliphatic carbocycles. The molecular weight excluding hydrogens is 316 g/mol. The number of ketones is 1. The predicted octanol–water partition coefficient (Wildman–Crippen LogP) is 6.22. The van der Waals surface area contributed by atoms with Gasteiger partial charge in [-0.2, -0.15) is 0 Å². The maximum absolute atomic E-state index is 13.2. The molecule has 4 saturated carbocycles. The van der Waals surface area contributed by atoms with Crippen molar-refractivity contribution in [3.05, 3.63) is 48.0 Å². The Morgan fingerprint density at radius 2 is 1.77 bits per heavy atom. The monoisotopic (exact) mass is 346 g/mol. The first-order valence-electron chi connectivity index (χ1n) is 10.4. The van der Waals surface area contributed by atoms with Gasteiger partial charge in [-0.3, -0.25) is 4.79 Å². The fourth-order valence-corrected chi connectivity index (χ4v) is 7.49. The molecule has 26 heavy (non-hydrogen) atoms. The Kier molecular flexibility index (Phi) is 3.31. The standard InChI is InChI=1S/C25H30O/c1-15(2)19-13-24(3)14-25(4)21(26)12-20(24)22(19)23(25)18-11-7-9-16-8-5-6-10-17(16)18/h5-11,15,19-20,22-23H,12-14H2,1-4H3/t19-,20-,22+,23+,24-,25+/m1/s1. The molecule has 2 aromatic rings. The van der Waals surface area contributed by atoms with E-state index in [0.29, 0.717) is 34.9 Å². The number of benzene rings is 2. The summed E-state index contributed by atoms with van der Waals surface area (Å²) in [6.07, 6.45) is 3.21. The minimum atomic E-state index is -0.193. The number of Topliss-reactive ketones (excluding diaryl/α,β-unsaturated/α-hetero) is 1. The van der Waals surface area contributed by atoms with Gasteiger partial charge >= 0.3 is 0 Å². The molecule has 0 aromatic heterocycles. The Labute approximate surface area is 157 Å². The normalized spacial score (nSPS) is 41.3. The third kappa shape index (κ3) is 1.95. The second-order valence-corrected chi connectivity index (χ2v) is 10.2. The van der Waals surface area contributed by atoms with E-state index in [1.165, 1.54) is 22.8 Å². The number of rotatable bonds is 2. The smallest absolute Gasteiger partial charge is 0.139 e. The summed E-state index contributed by atoms with van der Waals surface area (Å²) in [6, 6.07) is 15.5. The summed E-state index contributed by atoms with van der Waals surface area (Å²) in [6.45, 7) is 9.57. The van der Waals surface area contributed by atoms with E-state index < -0.39 is 0 Å². The van der Waals surface area contributed by atoms with Gasteiger partial charge < -0.3 is 0 Å². The van der Waals surface area contributed by atoms with Crippen LogP contribution in [-0.2, 0) is 4.79 Å². The van der Waals surface area contributed by atoms with Crippen LogP contribution >= 0.6 is 0 Å². The highest BCUT2D eigenvalue weighted by molar-refractivity contribution is 5.91. The molecular formula is C25H30O. The van der Waals surface area contributed by atoms with E-state index >= 15 is 0 Å². The van der Waals surface area contributed by atoms with E-state index in [1.54, 1.807) is 0 Å². The van der Waals surface area contributed by atoms with Gasteiger partial charge in [0, 0.05) is 17.8 Å². The van der Waals surface area contributed by atoms with Crippen molar-refractivity contribution in [2.75, 3.05) is 0 Å². The Bertz CT molecular complexity index is 891. The Morgan fingerprint density at radius 1 is 1.04 bits per heavy atom. The maximum atomic E-state index is 13.2. The third-order valence-electron chi connectivity index (χ3n) is 8.46. The molecule has 0 unspecified atom stereocenters. The topological polar surface area (TPSA) is 17.1 Å². The van der Waals surface area contributed by atoms with Crippen molar-refractivity contribution < 1.29 is 4.79 Å². The lowest BCUT2D eigenvalue weighted by molar-refractivity contribution is -0.151. The largest absolute Gasteiger partial charge is 0.299 e. The lowest BCUT2D eigenvalue weighted by Gasteiger charge is -2.58. The second-order valence-electron chi connectivity index (χ2n) is 10.2. The summed E-state index contributed by atoms with van der Waals surface area (Å²) in [7, 11) is 0. The molecule has 0 N–H and O–H groups in total. The van der Waals surface area contributed by atoms with E-state index in [2.05, 4.69) is 70.2 Å². The molecule has 2 aromatic carbocycles. The molecule has 136 valence electrons. The highest BCUT2D eigenvalue weighted by atomic mass is 16.1. The van der Waals surface area contributed by atoms with Crippen LogP contribution < -0.4 is 0 Å². The molecule has 4 bridgehead atoms. The van der Waals surface area contributed by atoms with E-state index in [1.807, 2.05) is 0 Å². The Balaban J connectivity index is 1.75. The average molecular weight is 347 g/mol. The van der Waals surface area contributed by atoms with E-state index in [-0.39, 0.29) is 5.41 Å². The van der Waals surface area contributed by atoms with Crippen molar-refractivity contribution in [1.29, 1.82) is 0 Å². The van der Waals surface area contributed by atoms with Crippen LogP contribution in [0.5, 0.6) is 0 Å². The van der Waals surface area contributed by atoms with Crippen LogP contribution in [0.3, 0.4) is 0 Å². The zero-order valence-electron chi connectivity index (χ0n) is 16.5. The first kappa shape index (κ1) is 16.5. The first-order valence-corrected chi connectivity index (χ1v) is 10.4. The average Bonchev–Trinajstić information content (AvgIpc) is 2.83. The summed E-state index contributed by atoms with van der Waals surface area (Å²) in [5, 5.41) is 2.67. The lowest BCUT2D eigenvalue weighted by Crippen LogP contribution is -2.56. The van der Waals surface area contributed by atoms with Crippen molar-refractivity contribution in [3.8, 4) is 0 Å². The SMILES string of the molecule is CC(C)[C@H]1C[C@]2(C)C[C@@]3(C)C(=O)C[C@@H]2[C@H]1[C@@H]3c1cccc2ccccc12. The highest BCUT2D eigenvalue weighted by Gasteiger charge is 2.69. The van der Waals surface area contributed by atoms with E-state index in [9.17, 15) is 4.79 Å². The molecule has 0 amide bonds. The van der Waals surface area contributed by atoms with Gasteiger partial charge in [0.15, 0.2) is 0 Å². The molecule has 6 atom stereocenters. The zero-order valence-corrected chi connectivity index (χ0v) is 16.5. The van der Waals surface area contributed by atoms with Crippen molar-refractivity contribution >= 4 is 16.6 Å². The van der Waals surface area contributed by atoms with Crippen LogP contribution in [0.1, 0.15) is 58.4 Å². The third-order valence-corrected chi connectivity index (χ3v) is 8.46. The van der Waals surface area contributed by atoms with Crippen molar-refractivity contribution in [3.63, 3.8) is 0 Å². The Morgan fingerprint density at radius 3 is 2.54 bits per heavy atom. The van der Waals surface area contributed by atoms with Crippen LogP contribution in [-0.4, -0.2) is 5.78 Å². The summed E-state index contributed by atoms with van der Waals surface area (Å²) in [4.78, 5) is 13.2. The molecule has 4 fully saturated rings. The first-order chi connectivity index (χ1) is 12.3. The van der Waals surface area contributed by atoms with Gasteiger partial charge in [0.25, 0.3) is 0 Å². The molecule has 1 nitrogen and oxygen atoms in total. The van der Waals surface area contributed by atoms with E-state index in [4.69, 9.17) is 0 Å². The molecule has 1 heteroatoms. The maximum Gasteiger partial charge on any atom is 0.139 e. The zero-order chi connectivity index (χ0) is 18.3. The number of hydrogen-bond donors (Lipinski definition) is 0. The summed E-state index contributed by atoms with van der Waals surface area (Å²) in [5.41, 5.74) is 1.61. The minimum Gasteiger partial charge on any atom is -0.299 e. The molecule has 0 saturated heterocycles. The molecule has 0 radical (unpaired) electrons. The molecule has 0 aliphatic heterocycles. The number of carbonyl (C=O) groups excluding carboxylic acids is 1. The molecule has 4 aliphatic rings. The van der Waals surface area contributed by atoms with E-state index in [0.717, 1.165) is 18.8 Å². The summed E-state index contributed by atoms with van der Waals surface area (Å²) < 4.78 is 0. The highest BCUT2D eigenvalue weighted by Crippen LogP contribution is 2.73. The van der Waals surface area contributed by atoms with Crippen LogP contribution in [0.15, 0.2) is 42.5 Å². The number of hydrogen-bond acceptors (Lipinski definition) is 1. The number of fused-ring (bicyclic) bond motifs is 2. The van der Waals surface area contributed by atoms with Gasteiger partial charge in [-0.1, -0.05) is 70.2 Å². The minimum absolute atomic E-state index is 0.193. The van der Waals surface area contributed by atoms with Crippen LogP contribution in [0.2, 0.25) is 0 Å². The molecule has 0 spiro atoms. The van der Waals surface area contributed by atoms with Gasteiger partial charge in [-0.05, 0) is 58.3 Å². The van der Waals surface area contributed by atoms with Crippen molar-refractivity contribution in [2.45, 2.75) is 52.9 Å². The van der Waals surface area contributed by atoms with Crippen molar-refractivity contribution in [2.24, 2.45) is 34.5 Å². The number of carbonyl (C=O) groups is 1. The fourth-order valence-electron chi connectivity index (χ4n) is 7.49. The summed E-state index contributed by atoms with van der Waals surface area (Å²) in [5.74, 6) is 3.57. The lowest BCUT2D eigenvalue weighted by atomic mass is 9.44. The van der Waals surface area contributed by atoms with Gasteiger partial charge in [-0.15, -0.1) is 0 Å². The Hall–Kier alpha value is -1.63.